The summed E-state index contributed by atoms with van der Waals surface area (Å²) in [7, 11) is 0. The third-order valence-electron chi connectivity index (χ3n) is 2.26. The number of hydrogen-bond donors (Lipinski definition) is 1. The first-order chi connectivity index (χ1) is 8.54. The van der Waals surface area contributed by atoms with E-state index in [1.165, 1.54) is 12.1 Å². The second-order valence-corrected chi connectivity index (χ2v) is 4.17. The van der Waals surface area contributed by atoms with Crippen LogP contribution < -0.4 is 0 Å². The number of carbonyl (C=O) groups is 1. The molecule has 4 nitrogen and oxygen atoms in total. The van der Waals surface area contributed by atoms with E-state index in [4.69, 9.17) is 5.11 Å². The van der Waals surface area contributed by atoms with Crippen molar-refractivity contribution in [1.29, 1.82) is 0 Å². The molecule has 0 atom stereocenters. The molecule has 94 valence electrons. The van der Waals surface area contributed by atoms with Crippen LogP contribution in [0.15, 0.2) is 27.6 Å². The Morgan fingerprint density at radius 1 is 1.39 bits per heavy atom. The average Bonchev–Trinajstić information content (AvgIpc) is 2.82. The fraction of sp³-hybridized carbons (Fsp3) is 0.0909. The lowest BCUT2D eigenvalue weighted by Gasteiger charge is -2.03. The number of hydrogen-bond acceptors (Lipinski definition) is 4. The highest BCUT2D eigenvalue weighted by Crippen LogP contribution is 2.29. The van der Waals surface area contributed by atoms with Crippen LogP contribution in [0.4, 0.5) is 8.78 Å². The average molecular weight is 271 g/mol. The Labute approximate surface area is 105 Å². The molecular formula is C11H7F2NO3S. The van der Waals surface area contributed by atoms with Crippen molar-refractivity contribution in [2.24, 2.45) is 0 Å². The van der Waals surface area contributed by atoms with Crippen LogP contribution in [0.3, 0.4) is 0 Å². The number of aromatic nitrogens is 1. The van der Waals surface area contributed by atoms with Gasteiger partial charge in [-0.3, -0.25) is 0 Å². The molecule has 0 unspecified atom stereocenters. The number of benzene rings is 1. The van der Waals surface area contributed by atoms with Gasteiger partial charge in [0.2, 0.25) is 5.76 Å². The van der Waals surface area contributed by atoms with Gasteiger partial charge in [0.05, 0.1) is 0 Å². The van der Waals surface area contributed by atoms with Crippen molar-refractivity contribution >= 4 is 17.7 Å². The van der Waals surface area contributed by atoms with E-state index in [1.807, 2.05) is 0 Å². The zero-order valence-corrected chi connectivity index (χ0v) is 9.92. The first-order valence-electron chi connectivity index (χ1n) is 4.77. The highest BCUT2D eigenvalue weighted by atomic mass is 32.2. The first-order valence-corrected chi connectivity index (χ1v) is 5.99. The number of thioether (sulfide) groups is 1. The minimum atomic E-state index is -1.32. The van der Waals surface area contributed by atoms with Gasteiger partial charge in [0.25, 0.3) is 0 Å². The van der Waals surface area contributed by atoms with Crippen molar-refractivity contribution in [2.75, 3.05) is 6.26 Å². The van der Waals surface area contributed by atoms with Crippen molar-refractivity contribution in [3.63, 3.8) is 0 Å². The van der Waals surface area contributed by atoms with E-state index >= 15 is 0 Å². The highest BCUT2D eigenvalue weighted by molar-refractivity contribution is 7.98. The SMILES string of the molecule is CSc1ccc(-c2cc(C(=O)O)on2)c(F)c1F. The zero-order valence-electron chi connectivity index (χ0n) is 9.11. The number of rotatable bonds is 3. The second-order valence-electron chi connectivity index (χ2n) is 3.32. The van der Waals surface area contributed by atoms with Crippen LogP contribution in [0.5, 0.6) is 0 Å². The molecule has 7 heteroatoms. The van der Waals surface area contributed by atoms with Crippen molar-refractivity contribution in [3.8, 4) is 11.3 Å². The van der Waals surface area contributed by atoms with Crippen LogP contribution in [0.25, 0.3) is 11.3 Å². The van der Waals surface area contributed by atoms with Gasteiger partial charge in [-0.15, -0.1) is 11.8 Å². The third kappa shape index (κ3) is 2.08. The topological polar surface area (TPSA) is 63.3 Å². The maximum atomic E-state index is 13.7. The highest BCUT2D eigenvalue weighted by Gasteiger charge is 2.19. The molecule has 2 aromatic rings. The molecule has 1 aromatic heterocycles. The summed E-state index contributed by atoms with van der Waals surface area (Å²) in [5.41, 5.74) is -0.196. The summed E-state index contributed by atoms with van der Waals surface area (Å²) >= 11 is 1.07. The smallest absolute Gasteiger partial charge is 0.374 e. The monoisotopic (exact) mass is 271 g/mol. The van der Waals surface area contributed by atoms with Crippen LogP contribution in [-0.4, -0.2) is 22.5 Å². The molecule has 0 saturated carbocycles. The Balaban J connectivity index is 2.50. The maximum Gasteiger partial charge on any atom is 0.374 e. The lowest BCUT2D eigenvalue weighted by atomic mass is 10.1. The van der Waals surface area contributed by atoms with Gasteiger partial charge in [-0.05, 0) is 18.4 Å². The molecule has 0 radical (unpaired) electrons. The summed E-state index contributed by atoms with van der Waals surface area (Å²) in [5.74, 6) is -3.82. The van der Waals surface area contributed by atoms with E-state index < -0.39 is 23.4 Å². The molecule has 0 fully saturated rings. The van der Waals surface area contributed by atoms with E-state index in [0.717, 1.165) is 17.8 Å². The normalized spacial score (nSPS) is 10.6. The molecule has 1 heterocycles. The molecule has 2 rings (SSSR count). The van der Waals surface area contributed by atoms with Crippen LogP contribution in [0, 0.1) is 11.6 Å². The van der Waals surface area contributed by atoms with E-state index in [0.29, 0.717) is 0 Å². The van der Waals surface area contributed by atoms with Gasteiger partial charge < -0.3 is 9.63 Å². The van der Waals surface area contributed by atoms with Crippen LogP contribution >= 0.6 is 11.8 Å². The Morgan fingerprint density at radius 3 is 2.67 bits per heavy atom. The fourth-order valence-corrected chi connectivity index (χ4v) is 1.86. The summed E-state index contributed by atoms with van der Waals surface area (Å²) in [6.45, 7) is 0. The molecule has 18 heavy (non-hydrogen) atoms. The summed E-state index contributed by atoms with van der Waals surface area (Å²) in [5, 5.41) is 12.0. The Kier molecular flexibility index (Phi) is 3.33. The Morgan fingerprint density at radius 2 is 2.11 bits per heavy atom. The maximum absolute atomic E-state index is 13.7. The predicted molar refractivity (Wildman–Crippen MR) is 60.6 cm³/mol. The summed E-state index contributed by atoms with van der Waals surface area (Å²) in [6.07, 6.45) is 1.62. The number of carboxylic acid groups (broad SMARTS) is 1. The Hall–Kier alpha value is -1.89. The van der Waals surface area contributed by atoms with E-state index in [1.54, 1.807) is 6.26 Å². The molecular weight excluding hydrogens is 264 g/mol. The lowest BCUT2D eigenvalue weighted by molar-refractivity contribution is 0.0652. The minimum absolute atomic E-state index is 0.0588. The van der Waals surface area contributed by atoms with Gasteiger partial charge in [-0.25, -0.2) is 13.6 Å². The quantitative estimate of drug-likeness (QED) is 0.869. The molecule has 0 aliphatic rings. The molecule has 0 bridgehead atoms. The van der Waals surface area contributed by atoms with Gasteiger partial charge in [0, 0.05) is 16.5 Å². The summed E-state index contributed by atoms with van der Waals surface area (Å²) in [6, 6.07) is 3.76. The molecule has 0 spiro atoms. The lowest BCUT2D eigenvalue weighted by Crippen LogP contribution is -1.93. The number of nitrogens with zero attached hydrogens (tertiary/aromatic N) is 1. The number of carboxylic acids is 1. The Bertz CT molecular complexity index is 612. The first kappa shape index (κ1) is 12.6. The van der Waals surface area contributed by atoms with Gasteiger partial charge in [-0.1, -0.05) is 5.16 Å². The second kappa shape index (κ2) is 4.77. The van der Waals surface area contributed by atoms with Gasteiger partial charge in [0.15, 0.2) is 11.6 Å². The molecule has 0 amide bonds. The van der Waals surface area contributed by atoms with Crippen molar-refractivity contribution in [1.82, 2.24) is 5.16 Å². The third-order valence-corrected chi connectivity index (χ3v) is 3.02. The van der Waals surface area contributed by atoms with E-state index in [-0.39, 0.29) is 16.2 Å². The summed E-state index contributed by atoms with van der Waals surface area (Å²) in [4.78, 5) is 10.8. The zero-order chi connectivity index (χ0) is 13.3. The standard InChI is InChI=1S/C11H7F2NO3S/c1-18-8-3-2-5(9(12)10(8)13)6-4-7(11(15)16)17-14-6/h2-4H,1H3,(H,15,16). The molecule has 1 aromatic carbocycles. The van der Waals surface area contributed by atoms with Gasteiger partial charge in [-0.2, -0.15) is 0 Å². The van der Waals surface area contributed by atoms with Crippen molar-refractivity contribution in [2.45, 2.75) is 4.90 Å². The van der Waals surface area contributed by atoms with Crippen molar-refractivity contribution in [3.05, 3.63) is 35.6 Å². The van der Waals surface area contributed by atoms with Gasteiger partial charge >= 0.3 is 5.97 Å². The predicted octanol–water partition coefficient (Wildman–Crippen LogP) is 3.04. The van der Waals surface area contributed by atoms with Gasteiger partial charge in [0.1, 0.15) is 5.69 Å². The van der Waals surface area contributed by atoms with E-state index in [2.05, 4.69) is 9.68 Å². The molecule has 0 saturated heterocycles. The number of aromatic carboxylic acids is 1. The van der Waals surface area contributed by atoms with Crippen LogP contribution in [-0.2, 0) is 0 Å². The molecule has 0 aliphatic heterocycles. The number of halogens is 2. The van der Waals surface area contributed by atoms with Crippen LogP contribution in [0.1, 0.15) is 10.6 Å². The van der Waals surface area contributed by atoms with Crippen LogP contribution in [0.2, 0.25) is 0 Å². The largest absolute Gasteiger partial charge is 0.475 e. The summed E-state index contributed by atoms with van der Waals surface area (Å²) < 4.78 is 31.8. The fourth-order valence-electron chi connectivity index (χ4n) is 1.39. The van der Waals surface area contributed by atoms with Crippen molar-refractivity contribution < 1.29 is 23.2 Å². The molecule has 1 N–H and O–H groups in total. The molecule has 0 aliphatic carbocycles. The van der Waals surface area contributed by atoms with E-state index in [9.17, 15) is 13.6 Å². The minimum Gasteiger partial charge on any atom is -0.475 e.